The highest BCUT2D eigenvalue weighted by Gasteiger charge is 2.32. The second-order valence-electron chi connectivity index (χ2n) is 5.43. The van der Waals surface area contributed by atoms with Crippen molar-refractivity contribution in [1.29, 1.82) is 0 Å². The predicted octanol–water partition coefficient (Wildman–Crippen LogP) is 1.21. The molecule has 18 heavy (non-hydrogen) atoms. The fourth-order valence-electron chi connectivity index (χ4n) is 2.93. The molecular formula is C14H29N3O. The van der Waals surface area contributed by atoms with Crippen LogP contribution < -0.4 is 11.1 Å². The van der Waals surface area contributed by atoms with Gasteiger partial charge in [0.15, 0.2) is 0 Å². The van der Waals surface area contributed by atoms with E-state index in [-0.39, 0.29) is 17.9 Å². The molecule has 0 aromatic heterocycles. The molecule has 0 radical (unpaired) electrons. The molecule has 3 atom stereocenters. The van der Waals surface area contributed by atoms with Crippen molar-refractivity contribution in [2.45, 2.75) is 46.1 Å². The molecule has 1 aliphatic carbocycles. The van der Waals surface area contributed by atoms with Crippen molar-refractivity contribution in [3.63, 3.8) is 0 Å². The molecule has 0 heterocycles. The summed E-state index contributed by atoms with van der Waals surface area (Å²) in [5, 5.41) is 3.15. The van der Waals surface area contributed by atoms with Gasteiger partial charge in [-0.05, 0) is 45.3 Å². The van der Waals surface area contributed by atoms with Crippen LogP contribution in [0, 0.1) is 11.8 Å². The van der Waals surface area contributed by atoms with E-state index in [1.165, 1.54) is 0 Å². The van der Waals surface area contributed by atoms with Crippen LogP contribution in [-0.2, 0) is 4.79 Å². The second-order valence-corrected chi connectivity index (χ2v) is 5.43. The van der Waals surface area contributed by atoms with Gasteiger partial charge in [0.1, 0.15) is 0 Å². The molecule has 0 aromatic carbocycles. The fraction of sp³-hybridized carbons (Fsp3) is 0.929. The van der Waals surface area contributed by atoms with Crippen LogP contribution in [0.15, 0.2) is 0 Å². The van der Waals surface area contributed by atoms with Gasteiger partial charge in [-0.2, -0.15) is 0 Å². The van der Waals surface area contributed by atoms with Crippen molar-refractivity contribution < 1.29 is 4.79 Å². The Balaban J connectivity index is 2.39. The summed E-state index contributed by atoms with van der Waals surface area (Å²) in [6, 6.07) is 0.219. The summed E-state index contributed by atoms with van der Waals surface area (Å²) in [5.74, 6) is 0.752. The van der Waals surface area contributed by atoms with Gasteiger partial charge >= 0.3 is 0 Å². The van der Waals surface area contributed by atoms with Crippen molar-refractivity contribution >= 4 is 5.91 Å². The van der Waals surface area contributed by atoms with Gasteiger partial charge in [-0.15, -0.1) is 0 Å². The number of amides is 1. The number of carbonyl (C=O) groups is 1. The summed E-state index contributed by atoms with van der Waals surface area (Å²) in [4.78, 5) is 14.5. The number of likely N-dealkylation sites (N-methyl/N-ethyl adjacent to an activating group) is 1. The smallest absolute Gasteiger partial charge is 0.223 e. The maximum Gasteiger partial charge on any atom is 0.223 e. The molecule has 0 saturated heterocycles. The Bertz CT molecular complexity index is 253. The minimum Gasteiger partial charge on any atom is -0.352 e. The van der Waals surface area contributed by atoms with Gasteiger partial charge in [0.2, 0.25) is 5.91 Å². The molecule has 1 rings (SSSR count). The van der Waals surface area contributed by atoms with Crippen molar-refractivity contribution in [2.75, 3.05) is 26.2 Å². The van der Waals surface area contributed by atoms with E-state index in [2.05, 4.69) is 31.0 Å². The summed E-state index contributed by atoms with van der Waals surface area (Å²) in [7, 11) is 0. The summed E-state index contributed by atoms with van der Waals surface area (Å²) < 4.78 is 0. The van der Waals surface area contributed by atoms with Crippen LogP contribution in [0.3, 0.4) is 0 Å². The van der Waals surface area contributed by atoms with Crippen molar-refractivity contribution in [3.05, 3.63) is 0 Å². The standard InChI is InChI=1S/C14H29N3O/c1-4-17(5-2)10-11(3)16-14(18)13-8-6-7-12(13)9-15/h11-13H,4-10,15H2,1-3H3,(H,16,18). The predicted molar refractivity (Wildman–Crippen MR) is 75.3 cm³/mol. The molecule has 1 fully saturated rings. The van der Waals surface area contributed by atoms with Crippen LogP contribution in [0.25, 0.3) is 0 Å². The van der Waals surface area contributed by atoms with Crippen LogP contribution in [0.1, 0.15) is 40.0 Å². The van der Waals surface area contributed by atoms with E-state index < -0.39 is 0 Å². The molecule has 1 saturated carbocycles. The maximum atomic E-state index is 12.2. The van der Waals surface area contributed by atoms with Crippen LogP contribution >= 0.6 is 0 Å². The normalized spacial score (nSPS) is 25.4. The number of nitrogens with one attached hydrogen (secondary N) is 1. The number of nitrogens with zero attached hydrogens (tertiary/aromatic N) is 1. The molecule has 4 heteroatoms. The van der Waals surface area contributed by atoms with Gasteiger partial charge in [0.05, 0.1) is 0 Å². The Morgan fingerprint density at radius 1 is 1.39 bits per heavy atom. The van der Waals surface area contributed by atoms with Gasteiger partial charge in [0.25, 0.3) is 0 Å². The summed E-state index contributed by atoms with van der Waals surface area (Å²) >= 11 is 0. The van der Waals surface area contributed by atoms with Gasteiger partial charge in [-0.3, -0.25) is 4.79 Å². The molecule has 0 spiro atoms. The van der Waals surface area contributed by atoms with Crippen LogP contribution in [0.5, 0.6) is 0 Å². The largest absolute Gasteiger partial charge is 0.352 e. The van der Waals surface area contributed by atoms with Crippen molar-refractivity contribution in [3.8, 4) is 0 Å². The number of hydrogen-bond acceptors (Lipinski definition) is 3. The minimum atomic E-state index is 0.147. The molecule has 0 bridgehead atoms. The molecule has 3 unspecified atom stereocenters. The summed E-state index contributed by atoms with van der Waals surface area (Å²) in [6.07, 6.45) is 3.26. The first-order chi connectivity index (χ1) is 8.62. The first kappa shape index (κ1) is 15.4. The number of carbonyl (C=O) groups excluding carboxylic acids is 1. The minimum absolute atomic E-state index is 0.147. The lowest BCUT2D eigenvalue weighted by atomic mass is 9.95. The van der Waals surface area contributed by atoms with Crippen LogP contribution in [0.2, 0.25) is 0 Å². The van der Waals surface area contributed by atoms with Crippen molar-refractivity contribution in [1.82, 2.24) is 10.2 Å². The lowest BCUT2D eigenvalue weighted by molar-refractivity contribution is -0.126. The molecule has 3 N–H and O–H groups in total. The maximum absolute atomic E-state index is 12.2. The molecular weight excluding hydrogens is 226 g/mol. The molecule has 0 aliphatic heterocycles. The van der Waals surface area contributed by atoms with Crippen LogP contribution in [-0.4, -0.2) is 43.0 Å². The first-order valence-electron chi connectivity index (χ1n) is 7.35. The average Bonchev–Trinajstić information content (AvgIpc) is 2.84. The molecule has 0 aromatic rings. The van der Waals surface area contributed by atoms with E-state index in [1.54, 1.807) is 0 Å². The van der Waals surface area contributed by atoms with Crippen LogP contribution in [0.4, 0.5) is 0 Å². The molecule has 106 valence electrons. The third-order valence-corrected chi connectivity index (χ3v) is 4.11. The Hall–Kier alpha value is -0.610. The lowest BCUT2D eigenvalue weighted by Gasteiger charge is -2.25. The Labute approximate surface area is 111 Å². The number of nitrogens with two attached hydrogens (primary N) is 1. The SMILES string of the molecule is CCN(CC)CC(C)NC(=O)C1CCCC1CN. The molecule has 1 aliphatic rings. The zero-order valence-electron chi connectivity index (χ0n) is 12.1. The molecule has 4 nitrogen and oxygen atoms in total. The van der Waals surface area contributed by atoms with E-state index >= 15 is 0 Å². The highest BCUT2D eigenvalue weighted by atomic mass is 16.2. The second kappa shape index (κ2) is 7.74. The zero-order valence-corrected chi connectivity index (χ0v) is 12.1. The number of rotatable bonds is 7. The zero-order chi connectivity index (χ0) is 13.5. The Morgan fingerprint density at radius 3 is 2.61 bits per heavy atom. The quantitative estimate of drug-likeness (QED) is 0.719. The van der Waals surface area contributed by atoms with E-state index in [0.717, 1.165) is 38.9 Å². The third-order valence-electron chi connectivity index (χ3n) is 4.11. The van der Waals surface area contributed by atoms with E-state index in [9.17, 15) is 4.79 Å². The van der Waals surface area contributed by atoms with E-state index in [1.807, 2.05) is 0 Å². The Kier molecular flexibility index (Phi) is 6.65. The fourth-order valence-corrected chi connectivity index (χ4v) is 2.93. The number of hydrogen-bond donors (Lipinski definition) is 2. The lowest BCUT2D eigenvalue weighted by Crippen LogP contribution is -2.45. The van der Waals surface area contributed by atoms with Crippen molar-refractivity contribution in [2.24, 2.45) is 17.6 Å². The topological polar surface area (TPSA) is 58.4 Å². The molecule has 1 amide bonds. The Morgan fingerprint density at radius 2 is 2.06 bits per heavy atom. The summed E-state index contributed by atoms with van der Waals surface area (Å²) in [5.41, 5.74) is 5.73. The van der Waals surface area contributed by atoms with E-state index in [4.69, 9.17) is 5.73 Å². The van der Waals surface area contributed by atoms with Gasteiger partial charge in [-0.1, -0.05) is 20.3 Å². The van der Waals surface area contributed by atoms with Gasteiger partial charge in [-0.25, -0.2) is 0 Å². The van der Waals surface area contributed by atoms with Gasteiger partial charge in [0, 0.05) is 18.5 Å². The van der Waals surface area contributed by atoms with E-state index in [0.29, 0.717) is 12.5 Å². The highest BCUT2D eigenvalue weighted by molar-refractivity contribution is 5.79. The third kappa shape index (κ3) is 4.25. The summed E-state index contributed by atoms with van der Waals surface area (Å²) in [6.45, 7) is 10.0. The van der Waals surface area contributed by atoms with Gasteiger partial charge < -0.3 is 16.0 Å². The first-order valence-corrected chi connectivity index (χ1v) is 7.35. The monoisotopic (exact) mass is 255 g/mol. The average molecular weight is 255 g/mol. The highest BCUT2D eigenvalue weighted by Crippen LogP contribution is 2.30.